The molecule has 0 saturated heterocycles. The van der Waals surface area contributed by atoms with E-state index in [-0.39, 0.29) is 18.4 Å². The Kier molecular flexibility index (Phi) is 7.91. The molecular formula is C21H24N2O4. The van der Waals surface area contributed by atoms with Gasteiger partial charge in [0.1, 0.15) is 12.4 Å². The van der Waals surface area contributed by atoms with Crippen LogP contribution in [-0.2, 0) is 9.53 Å². The number of esters is 1. The molecule has 2 aromatic rings. The maximum absolute atomic E-state index is 12.1. The van der Waals surface area contributed by atoms with Crippen molar-refractivity contribution in [1.29, 1.82) is 0 Å². The van der Waals surface area contributed by atoms with Crippen LogP contribution in [-0.4, -0.2) is 31.6 Å². The van der Waals surface area contributed by atoms with Crippen LogP contribution in [0.3, 0.4) is 0 Å². The van der Waals surface area contributed by atoms with E-state index in [4.69, 9.17) is 9.47 Å². The molecule has 6 heteroatoms. The first-order valence-corrected chi connectivity index (χ1v) is 8.77. The minimum Gasteiger partial charge on any atom is -0.489 e. The number of carbonyl (C=O) groups is 2. The van der Waals surface area contributed by atoms with Gasteiger partial charge in [0.05, 0.1) is 18.7 Å². The summed E-state index contributed by atoms with van der Waals surface area (Å²) in [6.07, 6.45) is 2.44. The fraction of sp³-hybridized carbons (Fsp3) is 0.238. The van der Waals surface area contributed by atoms with Gasteiger partial charge in [-0.25, -0.2) is 4.79 Å². The summed E-state index contributed by atoms with van der Waals surface area (Å²) in [6, 6.07) is 14.0. The van der Waals surface area contributed by atoms with E-state index in [2.05, 4.69) is 17.2 Å². The monoisotopic (exact) mass is 368 g/mol. The van der Waals surface area contributed by atoms with E-state index < -0.39 is 0 Å². The van der Waals surface area contributed by atoms with Gasteiger partial charge in [0.25, 0.3) is 0 Å². The number of ether oxygens (including phenoxy) is 2. The van der Waals surface area contributed by atoms with Gasteiger partial charge in [-0.05, 0) is 42.8 Å². The molecule has 0 heterocycles. The van der Waals surface area contributed by atoms with Crippen molar-refractivity contribution in [1.82, 2.24) is 0 Å². The topological polar surface area (TPSA) is 76.7 Å². The Labute approximate surface area is 159 Å². The zero-order valence-electron chi connectivity index (χ0n) is 15.4. The number of nitrogens with one attached hydrogen (secondary N) is 2. The Hall–Kier alpha value is -3.28. The molecule has 0 fully saturated rings. The highest BCUT2D eigenvalue weighted by atomic mass is 16.5. The van der Waals surface area contributed by atoms with E-state index in [1.165, 1.54) is 0 Å². The highest BCUT2D eigenvalue weighted by Gasteiger charge is 2.07. The van der Waals surface area contributed by atoms with E-state index in [1.54, 1.807) is 48.5 Å². The standard InChI is InChI=1S/C21H24N2O4/c1-3-12-26-19-7-5-6-18(14-19)23-20(24)15-22-17-10-8-16(9-11-17)21(25)27-13-4-2/h3,5-11,14,22H,1,4,12-13,15H2,2H3,(H,23,24). The van der Waals surface area contributed by atoms with E-state index in [0.29, 0.717) is 30.2 Å². The quantitative estimate of drug-likeness (QED) is 0.492. The minimum absolute atomic E-state index is 0.0946. The first kappa shape index (κ1) is 20.0. The SMILES string of the molecule is C=CCOc1cccc(NC(=O)CNc2ccc(C(=O)OCCC)cc2)c1. The summed E-state index contributed by atoms with van der Waals surface area (Å²) in [6.45, 7) is 6.44. The van der Waals surface area contributed by atoms with Crippen LogP contribution in [0.2, 0.25) is 0 Å². The van der Waals surface area contributed by atoms with Crippen LogP contribution in [0.5, 0.6) is 5.75 Å². The summed E-state index contributed by atoms with van der Waals surface area (Å²) in [7, 11) is 0. The van der Waals surface area contributed by atoms with Crippen LogP contribution in [0.15, 0.2) is 61.2 Å². The van der Waals surface area contributed by atoms with Gasteiger partial charge >= 0.3 is 5.97 Å². The van der Waals surface area contributed by atoms with Crippen molar-refractivity contribution in [3.63, 3.8) is 0 Å². The van der Waals surface area contributed by atoms with Gasteiger partial charge in [-0.3, -0.25) is 4.79 Å². The number of benzene rings is 2. The minimum atomic E-state index is -0.348. The Balaban J connectivity index is 1.83. The van der Waals surface area contributed by atoms with Gasteiger partial charge in [-0.15, -0.1) is 0 Å². The van der Waals surface area contributed by atoms with Crippen LogP contribution in [0.1, 0.15) is 23.7 Å². The molecule has 0 unspecified atom stereocenters. The largest absolute Gasteiger partial charge is 0.489 e. The Morgan fingerprint density at radius 1 is 1.11 bits per heavy atom. The molecule has 0 saturated carbocycles. The van der Waals surface area contributed by atoms with E-state index in [9.17, 15) is 9.59 Å². The summed E-state index contributed by atoms with van der Waals surface area (Å²) >= 11 is 0. The highest BCUT2D eigenvalue weighted by Crippen LogP contribution is 2.17. The number of carbonyl (C=O) groups excluding carboxylic acids is 2. The zero-order chi connectivity index (χ0) is 19.5. The lowest BCUT2D eigenvalue weighted by Crippen LogP contribution is -2.21. The number of hydrogen-bond acceptors (Lipinski definition) is 5. The van der Waals surface area contributed by atoms with Crippen molar-refractivity contribution in [2.24, 2.45) is 0 Å². The number of rotatable bonds is 10. The second-order valence-corrected chi connectivity index (χ2v) is 5.74. The van der Waals surface area contributed by atoms with Crippen molar-refractivity contribution in [3.05, 3.63) is 66.7 Å². The molecule has 0 aliphatic rings. The summed E-state index contributed by atoms with van der Waals surface area (Å²) in [5.74, 6) is 0.119. The van der Waals surface area contributed by atoms with E-state index in [1.807, 2.05) is 13.0 Å². The van der Waals surface area contributed by atoms with Gasteiger partial charge in [0.15, 0.2) is 0 Å². The molecule has 2 N–H and O–H groups in total. The third kappa shape index (κ3) is 6.86. The Morgan fingerprint density at radius 2 is 1.89 bits per heavy atom. The molecule has 0 radical (unpaired) electrons. The molecule has 2 aromatic carbocycles. The average Bonchev–Trinajstić information content (AvgIpc) is 2.69. The number of amides is 1. The molecule has 0 aromatic heterocycles. The van der Waals surface area contributed by atoms with Gasteiger partial charge < -0.3 is 20.1 Å². The van der Waals surface area contributed by atoms with E-state index in [0.717, 1.165) is 12.1 Å². The second kappa shape index (κ2) is 10.7. The summed E-state index contributed by atoms with van der Waals surface area (Å²) in [4.78, 5) is 23.9. The normalized spacial score (nSPS) is 9.96. The summed E-state index contributed by atoms with van der Waals surface area (Å²) in [5.41, 5.74) is 1.87. The average molecular weight is 368 g/mol. The summed E-state index contributed by atoms with van der Waals surface area (Å²) in [5, 5.41) is 5.81. The van der Waals surface area contributed by atoms with Crippen LogP contribution < -0.4 is 15.4 Å². The molecule has 0 spiro atoms. The molecule has 1 amide bonds. The van der Waals surface area contributed by atoms with Gasteiger partial charge in [0.2, 0.25) is 5.91 Å². The molecule has 6 nitrogen and oxygen atoms in total. The molecule has 0 bridgehead atoms. The van der Waals surface area contributed by atoms with Crippen molar-refractivity contribution < 1.29 is 19.1 Å². The second-order valence-electron chi connectivity index (χ2n) is 5.74. The zero-order valence-corrected chi connectivity index (χ0v) is 15.4. The first-order chi connectivity index (χ1) is 13.1. The fourth-order valence-electron chi connectivity index (χ4n) is 2.21. The first-order valence-electron chi connectivity index (χ1n) is 8.77. The third-order valence-corrected chi connectivity index (χ3v) is 3.50. The molecule has 27 heavy (non-hydrogen) atoms. The molecular weight excluding hydrogens is 344 g/mol. The molecule has 142 valence electrons. The Morgan fingerprint density at radius 3 is 2.59 bits per heavy atom. The lowest BCUT2D eigenvalue weighted by molar-refractivity contribution is -0.114. The van der Waals surface area contributed by atoms with Crippen molar-refractivity contribution in [3.8, 4) is 5.75 Å². The van der Waals surface area contributed by atoms with Crippen LogP contribution >= 0.6 is 0 Å². The highest BCUT2D eigenvalue weighted by molar-refractivity contribution is 5.94. The fourth-order valence-corrected chi connectivity index (χ4v) is 2.21. The Bertz CT molecular complexity index is 772. The summed E-state index contributed by atoms with van der Waals surface area (Å²) < 4.78 is 10.5. The molecule has 0 aliphatic heterocycles. The van der Waals surface area contributed by atoms with Gasteiger partial charge in [-0.2, -0.15) is 0 Å². The predicted molar refractivity (Wildman–Crippen MR) is 106 cm³/mol. The predicted octanol–water partition coefficient (Wildman–Crippen LogP) is 3.87. The lowest BCUT2D eigenvalue weighted by atomic mass is 10.2. The number of hydrogen-bond donors (Lipinski definition) is 2. The number of anilines is 2. The molecule has 0 atom stereocenters. The van der Waals surface area contributed by atoms with Crippen molar-refractivity contribution >= 4 is 23.3 Å². The van der Waals surface area contributed by atoms with Crippen molar-refractivity contribution in [2.45, 2.75) is 13.3 Å². The van der Waals surface area contributed by atoms with E-state index >= 15 is 0 Å². The maximum Gasteiger partial charge on any atom is 0.338 e. The van der Waals surface area contributed by atoms with Crippen molar-refractivity contribution in [2.75, 3.05) is 30.4 Å². The third-order valence-electron chi connectivity index (χ3n) is 3.50. The van der Waals surface area contributed by atoms with Crippen LogP contribution in [0.4, 0.5) is 11.4 Å². The molecule has 0 aliphatic carbocycles. The maximum atomic E-state index is 12.1. The van der Waals surface area contributed by atoms with Gasteiger partial charge in [0, 0.05) is 17.4 Å². The lowest BCUT2D eigenvalue weighted by Gasteiger charge is -2.10. The molecule has 2 rings (SSSR count). The van der Waals surface area contributed by atoms with Crippen LogP contribution in [0.25, 0.3) is 0 Å². The van der Waals surface area contributed by atoms with Gasteiger partial charge in [-0.1, -0.05) is 25.6 Å². The smallest absolute Gasteiger partial charge is 0.338 e. The van der Waals surface area contributed by atoms with Crippen LogP contribution in [0, 0.1) is 0 Å².